The van der Waals surface area contributed by atoms with Crippen molar-refractivity contribution in [3.63, 3.8) is 0 Å². The van der Waals surface area contributed by atoms with Gasteiger partial charge >= 0.3 is 0 Å². The molecule has 2 aliphatic rings. The van der Waals surface area contributed by atoms with Crippen molar-refractivity contribution in [1.82, 2.24) is 0 Å². The van der Waals surface area contributed by atoms with E-state index in [4.69, 9.17) is 0 Å². The van der Waals surface area contributed by atoms with Crippen molar-refractivity contribution in [3.05, 3.63) is 233 Å². The van der Waals surface area contributed by atoms with Crippen molar-refractivity contribution in [3.8, 4) is 33.4 Å². The van der Waals surface area contributed by atoms with Gasteiger partial charge in [-0.2, -0.15) is 0 Å². The normalized spacial score (nSPS) is 14.1. The fourth-order valence-electron chi connectivity index (χ4n) is 9.55. The summed E-state index contributed by atoms with van der Waals surface area (Å²) in [5.74, 6) is 0. The lowest BCUT2D eigenvalue weighted by molar-refractivity contribution is 0.660. The molecule has 10 rings (SSSR count). The lowest BCUT2D eigenvalue weighted by Crippen LogP contribution is -2.28. The van der Waals surface area contributed by atoms with E-state index in [2.05, 4.69) is 220 Å². The van der Waals surface area contributed by atoms with E-state index >= 15 is 0 Å². The van der Waals surface area contributed by atoms with Crippen LogP contribution >= 0.6 is 0 Å². The molecule has 258 valence electrons. The van der Waals surface area contributed by atoms with Gasteiger partial charge in [0, 0.05) is 22.5 Å². The Morgan fingerprint density at radius 2 is 0.833 bits per heavy atom. The number of fused-ring (bicyclic) bond motifs is 6. The number of hydrogen-bond donors (Lipinski definition) is 0. The summed E-state index contributed by atoms with van der Waals surface area (Å²) in [5.41, 5.74) is 19.7. The largest absolute Gasteiger partial charge is 0.310 e. The van der Waals surface area contributed by atoms with Crippen LogP contribution < -0.4 is 4.90 Å². The molecule has 0 atom stereocenters. The number of rotatable bonds is 6. The molecular formula is C53H41N. The van der Waals surface area contributed by atoms with Gasteiger partial charge in [-0.05, 0) is 116 Å². The van der Waals surface area contributed by atoms with Gasteiger partial charge in [0.05, 0.1) is 5.41 Å². The van der Waals surface area contributed by atoms with Crippen LogP contribution in [-0.2, 0) is 10.8 Å². The first-order valence-corrected chi connectivity index (χ1v) is 19.0. The predicted molar refractivity (Wildman–Crippen MR) is 226 cm³/mol. The summed E-state index contributed by atoms with van der Waals surface area (Å²) in [7, 11) is 0. The molecule has 0 aromatic heterocycles. The molecule has 0 N–H and O–H groups in total. The molecule has 0 fully saturated rings. The quantitative estimate of drug-likeness (QED) is 0.168. The van der Waals surface area contributed by atoms with Gasteiger partial charge < -0.3 is 4.90 Å². The second-order valence-electron chi connectivity index (χ2n) is 15.4. The molecule has 0 heterocycles. The predicted octanol–water partition coefficient (Wildman–Crippen LogP) is 13.8. The van der Waals surface area contributed by atoms with Gasteiger partial charge in [0.2, 0.25) is 0 Å². The summed E-state index contributed by atoms with van der Waals surface area (Å²) in [6, 6.07) is 72.1. The zero-order valence-corrected chi connectivity index (χ0v) is 30.9. The Morgan fingerprint density at radius 1 is 0.352 bits per heavy atom. The minimum absolute atomic E-state index is 0.0607. The third-order valence-electron chi connectivity index (χ3n) is 12.1. The Labute approximate surface area is 318 Å². The summed E-state index contributed by atoms with van der Waals surface area (Å²) >= 11 is 0. The first-order chi connectivity index (χ1) is 26.5. The average molecular weight is 692 g/mol. The molecule has 0 amide bonds. The van der Waals surface area contributed by atoms with E-state index in [0.29, 0.717) is 0 Å². The average Bonchev–Trinajstić information content (AvgIpc) is 3.64. The minimum Gasteiger partial charge on any atom is -0.310 e. The molecular weight excluding hydrogens is 651 g/mol. The zero-order chi connectivity index (χ0) is 36.4. The van der Waals surface area contributed by atoms with Crippen LogP contribution in [0.5, 0.6) is 0 Å². The third kappa shape index (κ3) is 4.71. The molecule has 1 heteroatoms. The van der Waals surface area contributed by atoms with Gasteiger partial charge in [0.1, 0.15) is 0 Å². The SMILES string of the molecule is Cc1ccccc1-c1ccc(N(c2ccc3c(c2)-c2ccccc2C3(C)C)c2ccc3c(c2)C(c2ccccc2)(c2ccccc2)c2ccccc2-3)cc1. The Bertz CT molecular complexity index is 2650. The summed E-state index contributed by atoms with van der Waals surface area (Å²) in [6.45, 7) is 6.89. The number of hydrogen-bond acceptors (Lipinski definition) is 1. The van der Waals surface area contributed by atoms with Crippen LogP contribution in [0.25, 0.3) is 33.4 Å². The molecule has 0 aliphatic heterocycles. The Kier molecular flexibility index (Phi) is 7.35. The fraction of sp³-hybridized carbons (Fsp3) is 0.0943. The maximum Gasteiger partial charge on any atom is 0.0714 e. The molecule has 8 aromatic carbocycles. The van der Waals surface area contributed by atoms with Crippen molar-refractivity contribution < 1.29 is 0 Å². The maximum atomic E-state index is 2.47. The van der Waals surface area contributed by atoms with Crippen molar-refractivity contribution in [2.24, 2.45) is 0 Å². The standard InChI is InChI=1S/C53H41N/c1-36-16-10-11-21-43(36)37-26-28-40(29-27-37)54(41-31-33-49-47(34-41)45-23-12-14-24-48(45)52(49,2)3)42-30-32-46-44-22-13-15-25-50(44)53(51(46)35-42,38-17-6-4-7-18-38)39-19-8-5-9-20-39/h4-35H,1-3H3. The van der Waals surface area contributed by atoms with Crippen LogP contribution in [-0.4, -0.2) is 0 Å². The Morgan fingerprint density at radius 3 is 1.50 bits per heavy atom. The lowest BCUT2D eigenvalue weighted by Gasteiger charge is -2.35. The highest BCUT2D eigenvalue weighted by Crippen LogP contribution is 2.57. The Balaban J connectivity index is 1.22. The van der Waals surface area contributed by atoms with Crippen molar-refractivity contribution in [2.75, 3.05) is 4.90 Å². The number of benzene rings is 8. The molecule has 0 unspecified atom stereocenters. The molecule has 0 radical (unpaired) electrons. The van der Waals surface area contributed by atoms with E-state index in [1.54, 1.807) is 0 Å². The molecule has 8 aromatic rings. The van der Waals surface area contributed by atoms with Crippen molar-refractivity contribution >= 4 is 17.1 Å². The maximum absolute atomic E-state index is 2.47. The van der Waals surface area contributed by atoms with E-state index in [1.807, 2.05) is 0 Å². The smallest absolute Gasteiger partial charge is 0.0714 e. The van der Waals surface area contributed by atoms with Crippen molar-refractivity contribution in [2.45, 2.75) is 31.6 Å². The fourth-order valence-corrected chi connectivity index (χ4v) is 9.55. The highest BCUT2D eigenvalue weighted by molar-refractivity contribution is 5.91. The number of nitrogens with zero attached hydrogens (tertiary/aromatic N) is 1. The second kappa shape index (κ2) is 12.3. The van der Waals surface area contributed by atoms with Crippen LogP contribution in [0, 0.1) is 6.92 Å². The van der Waals surface area contributed by atoms with Gasteiger partial charge in [0.25, 0.3) is 0 Å². The van der Waals surface area contributed by atoms with E-state index in [-0.39, 0.29) is 5.41 Å². The highest BCUT2D eigenvalue weighted by Gasteiger charge is 2.46. The number of anilines is 3. The van der Waals surface area contributed by atoms with Gasteiger partial charge in [-0.3, -0.25) is 0 Å². The third-order valence-corrected chi connectivity index (χ3v) is 12.1. The molecule has 1 nitrogen and oxygen atoms in total. The van der Waals surface area contributed by atoms with Crippen LogP contribution in [0.3, 0.4) is 0 Å². The molecule has 0 spiro atoms. The lowest BCUT2D eigenvalue weighted by atomic mass is 9.67. The monoisotopic (exact) mass is 691 g/mol. The van der Waals surface area contributed by atoms with E-state index in [0.717, 1.165) is 17.1 Å². The minimum atomic E-state index is -0.480. The summed E-state index contributed by atoms with van der Waals surface area (Å²) in [4.78, 5) is 2.46. The highest BCUT2D eigenvalue weighted by atomic mass is 15.1. The van der Waals surface area contributed by atoms with E-state index < -0.39 is 5.41 Å². The summed E-state index contributed by atoms with van der Waals surface area (Å²) in [6.07, 6.45) is 0. The van der Waals surface area contributed by atoms with Gasteiger partial charge in [-0.25, -0.2) is 0 Å². The molecule has 0 saturated carbocycles. The number of aryl methyl sites for hydroxylation is 1. The second-order valence-corrected chi connectivity index (χ2v) is 15.4. The molecule has 54 heavy (non-hydrogen) atoms. The van der Waals surface area contributed by atoms with Crippen LogP contribution in [0.15, 0.2) is 194 Å². The van der Waals surface area contributed by atoms with E-state index in [1.165, 1.54) is 72.3 Å². The van der Waals surface area contributed by atoms with Crippen molar-refractivity contribution in [1.29, 1.82) is 0 Å². The van der Waals surface area contributed by atoms with Gasteiger partial charge in [-0.1, -0.05) is 172 Å². The first kappa shape index (κ1) is 32.2. The summed E-state index contributed by atoms with van der Waals surface area (Å²) in [5, 5.41) is 0. The zero-order valence-electron chi connectivity index (χ0n) is 30.9. The van der Waals surface area contributed by atoms with Gasteiger partial charge in [0.15, 0.2) is 0 Å². The molecule has 0 saturated heterocycles. The Hall–Kier alpha value is -6.44. The topological polar surface area (TPSA) is 3.24 Å². The van der Waals surface area contributed by atoms with Crippen LogP contribution in [0.1, 0.15) is 52.8 Å². The molecule has 0 bridgehead atoms. The van der Waals surface area contributed by atoms with E-state index in [9.17, 15) is 0 Å². The summed E-state index contributed by atoms with van der Waals surface area (Å²) < 4.78 is 0. The van der Waals surface area contributed by atoms with Crippen LogP contribution in [0.2, 0.25) is 0 Å². The molecule has 2 aliphatic carbocycles. The first-order valence-electron chi connectivity index (χ1n) is 19.0. The van der Waals surface area contributed by atoms with Gasteiger partial charge in [-0.15, -0.1) is 0 Å². The van der Waals surface area contributed by atoms with Crippen LogP contribution in [0.4, 0.5) is 17.1 Å².